The van der Waals surface area contributed by atoms with Crippen molar-refractivity contribution in [1.29, 1.82) is 5.26 Å². The zero-order valence-corrected chi connectivity index (χ0v) is 10.9. The van der Waals surface area contributed by atoms with Gasteiger partial charge in [0.1, 0.15) is 5.41 Å². The Morgan fingerprint density at radius 2 is 1.94 bits per heavy atom. The molecule has 2 rings (SSSR count). The lowest BCUT2D eigenvalue weighted by Crippen LogP contribution is -2.53. The van der Waals surface area contributed by atoms with Crippen LogP contribution in [-0.4, -0.2) is 11.9 Å². The zero-order valence-electron chi connectivity index (χ0n) is 10.9. The average Bonchev–Trinajstić information content (AvgIpc) is 2.20. The van der Waals surface area contributed by atoms with Gasteiger partial charge in [-0.1, -0.05) is 26.7 Å². The third-order valence-corrected chi connectivity index (χ3v) is 4.67. The summed E-state index contributed by atoms with van der Waals surface area (Å²) in [5, 5.41) is 12.3. The summed E-state index contributed by atoms with van der Waals surface area (Å²) in [5.74, 6) is -0.0220. The highest BCUT2D eigenvalue weighted by atomic mass is 16.2. The Kier molecular flexibility index (Phi) is 3.16. The van der Waals surface area contributed by atoms with Crippen molar-refractivity contribution in [2.45, 2.75) is 64.8 Å². The van der Waals surface area contributed by atoms with Crippen LogP contribution in [0.4, 0.5) is 0 Å². The van der Waals surface area contributed by atoms with E-state index >= 15 is 0 Å². The maximum atomic E-state index is 12.2. The van der Waals surface area contributed by atoms with Crippen LogP contribution in [0.3, 0.4) is 0 Å². The van der Waals surface area contributed by atoms with Gasteiger partial charge in [0.15, 0.2) is 0 Å². The fourth-order valence-corrected chi connectivity index (χ4v) is 2.98. The van der Waals surface area contributed by atoms with E-state index in [1.165, 1.54) is 12.8 Å². The Labute approximate surface area is 104 Å². The minimum atomic E-state index is -0.701. The summed E-state index contributed by atoms with van der Waals surface area (Å²) in [6.45, 7) is 4.44. The summed E-state index contributed by atoms with van der Waals surface area (Å²) >= 11 is 0. The van der Waals surface area contributed by atoms with Crippen molar-refractivity contribution < 1.29 is 4.79 Å². The number of carbonyl (C=O) groups excluding carboxylic acids is 1. The topological polar surface area (TPSA) is 52.9 Å². The van der Waals surface area contributed by atoms with Gasteiger partial charge in [-0.3, -0.25) is 4.79 Å². The number of nitrogens with one attached hydrogen (secondary N) is 1. The van der Waals surface area contributed by atoms with Crippen LogP contribution in [0.25, 0.3) is 0 Å². The first-order valence-electron chi connectivity index (χ1n) is 6.72. The maximum Gasteiger partial charge on any atom is 0.240 e. The molecule has 1 amide bonds. The molecule has 0 aliphatic heterocycles. The van der Waals surface area contributed by atoms with E-state index in [-0.39, 0.29) is 17.4 Å². The molecule has 0 aromatic carbocycles. The Bertz CT molecular complexity index is 350. The number of hydrogen-bond donors (Lipinski definition) is 1. The van der Waals surface area contributed by atoms with E-state index < -0.39 is 5.41 Å². The first-order valence-corrected chi connectivity index (χ1v) is 6.72. The van der Waals surface area contributed by atoms with Gasteiger partial charge in [0.25, 0.3) is 0 Å². The number of nitrogens with zero attached hydrogens (tertiary/aromatic N) is 1. The normalized spacial score (nSPS) is 29.8. The third kappa shape index (κ3) is 2.18. The van der Waals surface area contributed by atoms with Gasteiger partial charge in [0.2, 0.25) is 5.91 Å². The summed E-state index contributed by atoms with van der Waals surface area (Å²) in [7, 11) is 0. The van der Waals surface area contributed by atoms with Crippen LogP contribution in [0.2, 0.25) is 0 Å². The molecule has 3 nitrogen and oxygen atoms in total. The van der Waals surface area contributed by atoms with E-state index in [0.29, 0.717) is 0 Å². The first-order chi connectivity index (χ1) is 8.00. The second kappa shape index (κ2) is 4.33. The van der Waals surface area contributed by atoms with E-state index in [2.05, 4.69) is 25.2 Å². The lowest BCUT2D eigenvalue weighted by atomic mass is 9.68. The van der Waals surface area contributed by atoms with Crippen LogP contribution in [0.5, 0.6) is 0 Å². The lowest BCUT2D eigenvalue weighted by molar-refractivity contribution is -0.133. The van der Waals surface area contributed by atoms with Crippen molar-refractivity contribution >= 4 is 5.91 Å². The van der Waals surface area contributed by atoms with Crippen LogP contribution >= 0.6 is 0 Å². The second-order valence-corrected chi connectivity index (χ2v) is 6.31. The molecule has 17 heavy (non-hydrogen) atoms. The Morgan fingerprint density at radius 1 is 1.24 bits per heavy atom. The minimum Gasteiger partial charge on any atom is -0.351 e. The fraction of sp³-hybridized carbons (Fsp3) is 0.857. The van der Waals surface area contributed by atoms with Crippen LogP contribution in [-0.2, 0) is 4.79 Å². The third-order valence-electron chi connectivity index (χ3n) is 4.67. The van der Waals surface area contributed by atoms with Gasteiger partial charge in [-0.15, -0.1) is 0 Å². The molecule has 1 N–H and O–H groups in total. The molecule has 2 saturated carbocycles. The average molecular weight is 234 g/mol. The van der Waals surface area contributed by atoms with Crippen LogP contribution in [0.1, 0.15) is 58.8 Å². The van der Waals surface area contributed by atoms with Gasteiger partial charge in [-0.05, 0) is 37.5 Å². The molecule has 2 fully saturated rings. The van der Waals surface area contributed by atoms with E-state index in [9.17, 15) is 4.79 Å². The highest BCUT2D eigenvalue weighted by Crippen LogP contribution is 2.42. The Balaban J connectivity index is 2.01. The molecule has 0 saturated heterocycles. The standard InChI is InChI=1S/C14H22N2O/c1-13(2)7-4-3-6-11(13)16-12(17)14(10-15)8-5-9-14/h11H,3-9H2,1-2H3,(H,16,17). The predicted octanol–water partition coefficient (Wildman–Crippen LogP) is 2.77. The number of nitriles is 1. The SMILES string of the molecule is CC1(C)CCCCC1NC(=O)C1(C#N)CCC1. The van der Waals surface area contributed by atoms with E-state index in [0.717, 1.165) is 32.1 Å². The summed E-state index contributed by atoms with van der Waals surface area (Å²) < 4.78 is 0. The number of hydrogen-bond acceptors (Lipinski definition) is 2. The smallest absolute Gasteiger partial charge is 0.240 e. The van der Waals surface area contributed by atoms with Crippen LogP contribution in [0, 0.1) is 22.2 Å². The molecular formula is C14H22N2O. The van der Waals surface area contributed by atoms with Crippen molar-refractivity contribution in [2.75, 3.05) is 0 Å². The molecule has 0 heterocycles. The van der Waals surface area contributed by atoms with Gasteiger partial charge in [-0.2, -0.15) is 5.26 Å². The summed E-state index contributed by atoms with van der Waals surface area (Å²) in [6, 6.07) is 2.46. The van der Waals surface area contributed by atoms with Crippen LogP contribution in [0.15, 0.2) is 0 Å². The highest BCUT2D eigenvalue weighted by Gasteiger charge is 2.46. The van der Waals surface area contributed by atoms with Crippen molar-refractivity contribution in [1.82, 2.24) is 5.32 Å². The molecule has 0 aromatic rings. The van der Waals surface area contributed by atoms with Crippen molar-refractivity contribution in [3.8, 4) is 6.07 Å². The van der Waals surface area contributed by atoms with E-state index in [1.54, 1.807) is 0 Å². The first kappa shape index (κ1) is 12.4. The quantitative estimate of drug-likeness (QED) is 0.798. The molecule has 0 radical (unpaired) electrons. The lowest BCUT2D eigenvalue weighted by Gasteiger charge is -2.42. The van der Waals surface area contributed by atoms with Gasteiger partial charge in [0, 0.05) is 6.04 Å². The summed E-state index contributed by atoms with van der Waals surface area (Å²) in [4.78, 5) is 12.2. The molecule has 0 spiro atoms. The molecular weight excluding hydrogens is 212 g/mol. The zero-order chi connectivity index (χ0) is 12.5. The number of carbonyl (C=O) groups is 1. The molecule has 1 atom stereocenters. The molecule has 0 aromatic heterocycles. The van der Waals surface area contributed by atoms with Gasteiger partial charge in [-0.25, -0.2) is 0 Å². The van der Waals surface area contributed by atoms with Gasteiger partial charge in [0.05, 0.1) is 6.07 Å². The number of rotatable bonds is 2. The minimum absolute atomic E-state index is 0.0220. The van der Waals surface area contributed by atoms with Gasteiger partial charge >= 0.3 is 0 Å². The highest BCUT2D eigenvalue weighted by molar-refractivity contribution is 5.86. The summed E-state index contributed by atoms with van der Waals surface area (Å²) in [6.07, 6.45) is 7.15. The molecule has 2 aliphatic rings. The number of amides is 1. The van der Waals surface area contributed by atoms with Crippen LogP contribution < -0.4 is 5.32 Å². The summed E-state index contributed by atoms with van der Waals surface area (Å²) in [5.41, 5.74) is -0.526. The van der Waals surface area contributed by atoms with Gasteiger partial charge < -0.3 is 5.32 Å². The predicted molar refractivity (Wildman–Crippen MR) is 66.1 cm³/mol. The molecule has 94 valence electrons. The maximum absolute atomic E-state index is 12.2. The molecule has 1 unspecified atom stereocenters. The van der Waals surface area contributed by atoms with Crippen molar-refractivity contribution in [3.63, 3.8) is 0 Å². The largest absolute Gasteiger partial charge is 0.351 e. The Morgan fingerprint density at radius 3 is 2.41 bits per heavy atom. The van der Waals surface area contributed by atoms with Crippen molar-refractivity contribution in [2.24, 2.45) is 10.8 Å². The molecule has 3 heteroatoms. The fourth-order valence-electron chi connectivity index (χ4n) is 2.98. The monoisotopic (exact) mass is 234 g/mol. The molecule has 0 bridgehead atoms. The van der Waals surface area contributed by atoms with E-state index in [4.69, 9.17) is 5.26 Å². The molecule has 2 aliphatic carbocycles. The van der Waals surface area contributed by atoms with Crippen molar-refractivity contribution in [3.05, 3.63) is 0 Å². The Hall–Kier alpha value is -1.04. The van der Waals surface area contributed by atoms with E-state index in [1.807, 2.05) is 0 Å². The second-order valence-electron chi connectivity index (χ2n) is 6.31.